The van der Waals surface area contributed by atoms with Crippen molar-refractivity contribution in [2.24, 2.45) is 0 Å². The molecule has 1 aromatic carbocycles. The van der Waals surface area contributed by atoms with Crippen molar-refractivity contribution in [3.8, 4) is 0 Å². The minimum Gasteiger partial charge on any atom is -0.478 e. The monoisotopic (exact) mass is 287 g/mol. The molecule has 0 radical (unpaired) electrons. The second-order valence-corrected chi connectivity index (χ2v) is 4.58. The molecular formula is C14H13N3O4. The highest BCUT2D eigenvalue weighted by atomic mass is 16.6. The van der Waals surface area contributed by atoms with E-state index in [1.54, 1.807) is 6.07 Å². The van der Waals surface area contributed by atoms with Crippen LogP contribution in [0.2, 0.25) is 0 Å². The smallest absolute Gasteiger partial charge is 0.337 e. The maximum absolute atomic E-state index is 11.0. The molecule has 2 aromatic rings. The fourth-order valence-corrected chi connectivity index (χ4v) is 1.76. The topological polar surface area (TPSA) is 105 Å². The first-order valence-electron chi connectivity index (χ1n) is 6.10. The molecule has 1 aromatic heterocycles. The van der Waals surface area contributed by atoms with Gasteiger partial charge in [-0.05, 0) is 37.1 Å². The molecule has 0 fully saturated rings. The Hall–Kier alpha value is -2.96. The van der Waals surface area contributed by atoms with Crippen molar-refractivity contribution in [1.82, 2.24) is 4.98 Å². The number of anilines is 2. The lowest BCUT2D eigenvalue weighted by Crippen LogP contribution is -2.04. The standard InChI is InChI=1S/C14H13N3O4/c1-8-3-4-11(5-9(8)2)16-13-12(17(20)21)6-10(7-15-13)14(18)19/h3-7H,1-2H3,(H,15,16)(H,18,19). The van der Waals surface area contributed by atoms with Gasteiger partial charge in [0.15, 0.2) is 0 Å². The van der Waals surface area contributed by atoms with Crippen molar-refractivity contribution >= 4 is 23.2 Å². The van der Waals surface area contributed by atoms with Gasteiger partial charge in [-0.2, -0.15) is 0 Å². The number of nitrogens with one attached hydrogen (secondary N) is 1. The molecule has 2 rings (SSSR count). The maximum atomic E-state index is 11.0. The highest BCUT2D eigenvalue weighted by Crippen LogP contribution is 2.27. The molecule has 0 saturated carbocycles. The van der Waals surface area contributed by atoms with Gasteiger partial charge < -0.3 is 10.4 Å². The van der Waals surface area contributed by atoms with Gasteiger partial charge in [-0.1, -0.05) is 6.07 Å². The summed E-state index contributed by atoms with van der Waals surface area (Å²) in [5.74, 6) is -1.25. The van der Waals surface area contributed by atoms with E-state index in [4.69, 9.17) is 5.11 Å². The van der Waals surface area contributed by atoms with Gasteiger partial charge in [0.1, 0.15) is 0 Å². The van der Waals surface area contributed by atoms with E-state index in [9.17, 15) is 14.9 Å². The van der Waals surface area contributed by atoms with Crippen LogP contribution in [0.5, 0.6) is 0 Å². The second kappa shape index (κ2) is 5.58. The second-order valence-electron chi connectivity index (χ2n) is 4.58. The number of hydrogen-bond donors (Lipinski definition) is 2. The number of carboxylic acids is 1. The van der Waals surface area contributed by atoms with E-state index in [-0.39, 0.29) is 17.1 Å². The number of nitrogens with zero attached hydrogens (tertiary/aromatic N) is 2. The van der Waals surface area contributed by atoms with Gasteiger partial charge in [0.2, 0.25) is 5.82 Å². The summed E-state index contributed by atoms with van der Waals surface area (Å²) in [7, 11) is 0. The molecule has 0 spiro atoms. The van der Waals surface area contributed by atoms with Crippen LogP contribution in [0, 0.1) is 24.0 Å². The number of aromatic nitrogens is 1. The quantitative estimate of drug-likeness (QED) is 0.661. The predicted molar refractivity (Wildman–Crippen MR) is 77.0 cm³/mol. The van der Waals surface area contributed by atoms with Crippen molar-refractivity contribution in [3.63, 3.8) is 0 Å². The summed E-state index contributed by atoms with van der Waals surface area (Å²) in [6.45, 7) is 3.89. The van der Waals surface area contributed by atoms with Crippen molar-refractivity contribution in [2.75, 3.05) is 5.32 Å². The lowest BCUT2D eigenvalue weighted by atomic mass is 10.1. The van der Waals surface area contributed by atoms with Crippen molar-refractivity contribution in [3.05, 3.63) is 57.3 Å². The van der Waals surface area contributed by atoms with Crippen LogP contribution in [0.4, 0.5) is 17.2 Å². The highest BCUT2D eigenvalue weighted by Gasteiger charge is 2.19. The summed E-state index contributed by atoms with van der Waals surface area (Å²) in [5, 5.41) is 22.7. The van der Waals surface area contributed by atoms with Crippen LogP contribution in [0.15, 0.2) is 30.5 Å². The van der Waals surface area contributed by atoms with Crippen LogP contribution in [-0.2, 0) is 0 Å². The molecule has 0 aliphatic carbocycles. The van der Waals surface area contributed by atoms with Gasteiger partial charge in [-0.25, -0.2) is 9.78 Å². The van der Waals surface area contributed by atoms with E-state index in [0.29, 0.717) is 5.69 Å². The number of benzene rings is 1. The number of rotatable bonds is 4. The Morgan fingerprint density at radius 3 is 2.57 bits per heavy atom. The van der Waals surface area contributed by atoms with Gasteiger partial charge in [-0.15, -0.1) is 0 Å². The summed E-state index contributed by atoms with van der Waals surface area (Å²) in [4.78, 5) is 25.1. The average Bonchev–Trinajstić information content (AvgIpc) is 2.43. The van der Waals surface area contributed by atoms with Crippen LogP contribution < -0.4 is 5.32 Å². The van der Waals surface area contributed by atoms with Crippen LogP contribution >= 0.6 is 0 Å². The zero-order valence-corrected chi connectivity index (χ0v) is 11.5. The minimum absolute atomic E-state index is 0.00764. The Labute approximate surface area is 120 Å². The molecule has 21 heavy (non-hydrogen) atoms. The number of pyridine rings is 1. The number of aryl methyl sites for hydroxylation is 2. The first-order chi connectivity index (χ1) is 9.88. The van der Waals surface area contributed by atoms with Crippen molar-refractivity contribution < 1.29 is 14.8 Å². The van der Waals surface area contributed by atoms with Crippen LogP contribution in [0.25, 0.3) is 0 Å². The van der Waals surface area contributed by atoms with Gasteiger partial charge in [0.25, 0.3) is 0 Å². The van der Waals surface area contributed by atoms with Crippen molar-refractivity contribution in [1.29, 1.82) is 0 Å². The molecule has 0 unspecified atom stereocenters. The summed E-state index contributed by atoms with van der Waals surface area (Å²) in [5.41, 5.74) is 2.17. The van der Waals surface area contributed by atoms with E-state index in [0.717, 1.165) is 23.4 Å². The number of carbonyl (C=O) groups is 1. The first-order valence-corrected chi connectivity index (χ1v) is 6.10. The zero-order chi connectivity index (χ0) is 15.6. The molecular weight excluding hydrogens is 274 g/mol. The van der Waals surface area contributed by atoms with E-state index in [2.05, 4.69) is 10.3 Å². The summed E-state index contributed by atoms with van der Waals surface area (Å²) in [6.07, 6.45) is 1.08. The Balaban J connectivity index is 2.41. The van der Waals surface area contributed by atoms with Gasteiger partial charge >= 0.3 is 11.7 Å². The minimum atomic E-state index is -1.26. The number of nitro groups is 1. The van der Waals surface area contributed by atoms with E-state index >= 15 is 0 Å². The zero-order valence-electron chi connectivity index (χ0n) is 11.5. The Bertz CT molecular complexity index is 728. The lowest BCUT2D eigenvalue weighted by Gasteiger charge is -2.08. The summed E-state index contributed by atoms with van der Waals surface area (Å²) in [6, 6.07) is 6.48. The lowest BCUT2D eigenvalue weighted by molar-refractivity contribution is -0.384. The molecule has 108 valence electrons. The Morgan fingerprint density at radius 2 is 2.00 bits per heavy atom. The maximum Gasteiger partial charge on any atom is 0.337 e. The highest BCUT2D eigenvalue weighted by molar-refractivity contribution is 5.89. The predicted octanol–water partition coefficient (Wildman–Crippen LogP) is 3.05. The molecule has 1 heterocycles. The summed E-state index contributed by atoms with van der Waals surface area (Å²) < 4.78 is 0. The van der Waals surface area contributed by atoms with Gasteiger partial charge in [0.05, 0.1) is 10.5 Å². The molecule has 7 heteroatoms. The fraction of sp³-hybridized carbons (Fsp3) is 0.143. The van der Waals surface area contributed by atoms with E-state index in [1.165, 1.54) is 0 Å². The number of aromatic carboxylic acids is 1. The Morgan fingerprint density at radius 1 is 1.29 bits per heavy atom. The summed E-state index contributed by atoms with van der Waals surface area (Å²) >= 11 is 0. The normalized spacial score (nSPS) is 10.2. The van der Waals surface area contributed by atoms with Gasteiger partial charge in [0, 0.05) is 18.0 Å². The van der Waals surface area contributed by atoms with E-state index in [1.807, 2.05) is 26.0 Å². The van der Waals surface area contributed by atoms with E-state index < -0.39 is 10.9 Å². The molecule has 0 amide bonds. The number of hydrogen-bond acceptors (Lipinski definition) is 5. The van der Waals surface area contributed by atoms with Crippen LogP contribution in [-0.4, -0.2) is 21.0 Å². The van der Waals surface area contributed by atoms with Crippen LogP contribution in [0.3, 0.4) is 0 Å². The molecule has 0 saturated heterocycles. The Kier molecular flexibility index (Phi) is 3.84. The van der Waals surface area contributed by atoms with Crippen LogP contribution in [0.1, 0.15) is 21.5 Å². The molecule has 0 bridgehead atoms. The third kappa shape index (κ3) is 3.14. The average molecular weight is 287 g/mol. The fourth-order valence-electron chi connectivity index (χ4n) is 1.76. The molecule has 0 aliphatic rings. The SMILES string of the molecule is Cc1ccc(Nc2ncc(C(=O)O)cc2[N+](=O)[O-])cc1C. The molecule has 0 atom stereocenters. The molecule has 2 N–H and O–H groups in total. The van der Waals surface area contributed by atoms with Crippen molar-refractivity contribution in [2.45, 2.75) is 13.8 Å². The molecule has 0 aliphatic heterocycles. The largest absolute Gasteiger partial charge is 0.478 e. The first kappa shape index (κ1) is 14.4. The molecule has 7 nitrogen and oxygen atoms in total. The third-order valence-electron chi connectivity index (χ3n) is 3.08. The number of carboxylic acid groups (broad SMARTS) is 1. The third-order valence-corrected chi connectivity index (χ3v) is 3.08. The van der Waals surface area contributed by atoms with Gasteiger partial charge in [-0.3, -0.25) is 10.1 Å².